The first kappa shape index (κ1) is 14.1. The van der Waals surface area contributed by atoms with Gasteiger partial charge in [-0.25, -0.2) is 0 Å². The number of halogens is 1. The molecule has 1 nitrogen and oxygen atoms in total. The lowest BCUT2D eigenvalue weighted by molar-refractivity contribution is 0.201. The molecular formula is C16H24BrN. The fourth-order valence-electron chi connectivity index (χ4n) is 3.46. The summed E-state index contributed by atoms with van der Waals surface area (Å²) in [6.07, 6.45) is 5.25. The van der Waals surface area contributed by atoms with Gasteiger partial charge in [-0.15, -0.1) is 0 Å². The van der Waals surface area contributed by atoms with Crippen molar-refractivity contribution in [2.24, 2.45) is 11.3 Å². The highest BCUT2D eigenvalue weighted by Gasteiger charge is 2.38. The molecule has 0 spiro atoms. The molecule has 1 saturated carbocycles. The van der Waals surface area contributed by atoms with E-state index < -0.39 is 0 Å². The molecule has 0 heterocycles. The second-order valence-corrected chi connectivity index (χ2v) is 7.13. The van der Waals surface area contributed by atoms with Gasteiger partial charge in [0, 0.05) is 10.5 Å². The minimum absolute atomic E-state index is 0.486. The maximum atomic E-state index is 3.56. The Morgan fingerprint density at radius 1 is 1.44 bits per heavy atom. The van der Waals surface area contributed by atoms with Crippen LogP contribution in [0.15, 0.2) is 28.7 Å². The maximum Gasteiger partial charge on any atom is 0.0178 e. The minimum Gasteiger partial charge on any atom is -0.316 e. The Labute approximate surface area is 119 Å². The van der Waals surface area contributed by atoms with Crippen LogP contribution in [0.5, 0.6) is 0 Å². The molecule has 2 unspecified atom stereocenters. The van der Waals surface area contributed by atoms with E-state index in [0.717, 1.165) is 12.3 Å². The highest BCUT2D eigenvalue weighted by atomic mass is 79.9. The molecule has 1 aromatic carbocycles. The molecule has 1 N–H and O–H groups in total. The highest BCUT2D eigenvalue weighted by molar-refractivity contribution is 9.10. The van der Waals surface area contributed by atoms with E-state index in [4.69, 9.17) is 0 Å². The Kier molecular flexibility index (Phi) is 4.50. The lowest BCUT2D eigenvalue weighted by atomic mass is 9.76. The van der Waals surface area contributed by atoms with Crippen molar-refractivity contribution in [3.05, 3.63) is 34.3 Å². The zero-order chi connectivity index (χ0) is 13.2. The zero-order valence-corrected chi connectivity index (χ0v) is 13.3. The van der Waals surface area contributed by atoms with Crippen LogP contribution in [-0.4, -0.2) is 13.1 Å². The average Bonchev–Trinajstić information content (AvgIpc) is 2.66. The van der Waals surface area contributed by atoms with Crippen LogP contribution >= 0.6 is 15.9 Å². The number of hydrogen-bond donors (Lipinski definition) is 1. The van der Waals surface area contributed by atoms with Gasteiger partial charge in [-0.1, -0.05) is 48.3 Å². The van der Waals surface area contributed by atoms with Crippen LogP contribution in [-0.2, 0) is 6.42 Å². The third-order valence-corrected chi connectivity index (χ3v) is 5.03. The van der Waals surface area contributed by atoms with Crippen molar-refractivity contribution in [3.63, 3.8) is 0 Å². The van der Waals surface area contributed by atoms with Gasteiger partial charge in [0.2, 0.25) is 0 Å². The lowest BCUT2D eigenvalue weighted by Gasteiger charge is -2.34. The van der Waals surface area contributed by atoms with Crippen molar-refractivity contribution < 1.29 is 0 Å². The number of nitrogens with one attached hydrogen (secondary N) is 1. The Hall–Kier alpha value is -0.340. The summed E-state index contributed by atoms with van der Waals surface area (Å²) in [4.78, 5) is 0. The van der Waals surface area contributed by atoms with Crippen molar-refractivity contribution in [1.82, 2.24) is 5.32 Å². The molecule has 0 saturated heterocycles. The molecule has 2 atom stereocenters. The summed E-state index contributed by atoms with van der Waals surface area (Å²) in [6, 6.07) is 9.30. The summed E-state index contributed by atoms with van der Waals surface area (Å²) in [7, 11) is 2.11. The summed E-state index contributed by atoms with van der Waals surface area (Å²) in [6.45, 7) is 4.85. The Morgan fingerprint density at radius 3 is 2.78 bits per heavy atom. The highest BCUT2D eigenvalue weighted by Crippen LogP contribution is 2.44. The molecule has 2 heteroatoms. The van der Waals surface area contributed by atoms with Crippen LogP contribution in [0, 0.1) is 11.3 Å². The molecule has 1 aliphatic carbocycles. The quantitative estimate of drug-likeness (QED) is 0.869. The maximum absolute atomic E-state index is 3.56. The van der Waals surface area contributed by atoms with E-state index in [1.807, 2.05) is 0 Å². The first-order valence-electron chi connectivity index (χ1n) is 6.94. The van der Waals surface area contributed by atoms with E-state index in [1.54, 1.807) is 0 Å². The molecule has 0 radical (unpaired) electrons. The summed E-state index contributed by atoms with van der Waals surface area (Å²) >= 11 is 3.56. The van der Waals surface area contributed by atoms with Crippen LogP contribution in [0.2, 0.25) is 0 Å². The van der Waals surface area contributed by atoms with Crippen molar-refractivity contribution in [3.8, 4) is 0 Å². The number of hydrogen-bond acceptors (Lipinski definition) is 1. The fourth-order valence-corrected chi connectivity index (χ4v) is 3.91. The van der Waals surface area contributed by atoms with E-state index in [0.29, 0.717) is 11.5 Å². The topological polar surface area (TPSA) is 12.0 Å². The van der Waals surface area contributed by atoms with Gasteiger partial charge in [0.1, 0.15) is 0 Å². The molecule has 0 aliphatic heterocycles. The number of benzene rings is 1. The van der Waals surface area contributed by atoms with Crippen LogP contribution in [0.4, 0.5) is 0 Å². The number of rotatable bonds is 4. The molecule has 1 fully saturated rings. The van der Waals surface area contributed by atoms with Crippen LogP contribution in [0.1, 0.15) is 38.7 Å². The van der Waals surface area contributed by atoms with E-state index in [-0.39, 0.29) is 0 Å². The second kappa shape index (κ2) is 5.75. The summed E-state index contributed by atoms with van der Waals surface area (Å²) in [5, 5.41) is 3.55. The molecule has 100 valence electrons. The normalized spacial score (nSPS) is 24.1. The van der Waals surface area contributed by atoms with E-state index >= 15 is 0 Å². The molecule has 1 aromatic rings. The third-order valence-electron chi connectivity index (χ3n) is 4.54. The standard InChI is InChI=1S/C16H24BrN/c1-16(2)9-5-8-14(16)15(18-3)11-12-6-4-7-13(17)10-12/h4,6-7,10,14-15,18H,5,8-9,11H2,1-3H3. The molecule has 2 rings (SSSR count). The van der Waals surface area contributed by atoms with E-state index in [1.165, 1.54) is 29.3 Å². The summed E-state index contributed by atoms with van der Waals surface area (Å²) in [5.41, 5.74) is 1.91. The van der Waals surface area contributed by atoms with E-state index in [2.05, 4.69) is 66.4 Å². The van der Waals surface area contributed by atoms with Crippen LogP contribution in [0.3, 0.4) is 0 Å². The smallest absolute Gasteiger partial charge is 0.0178 e. The van der Waals surface area contributed by atoms with E-state index in [9.17, 15) is 0 Å². The minimum atomic E-state index is 0.486. The molecule has 0 bridgehead atoms. The van der Waals surface area contributed by atoms with Crippen molar-refractivity contribution >= 4 is 15.9 Å². The third kappa shape index (κ3) is 3.16. The van der Waals surface area contributed by atoms with Gasteiger partial charge in [0.15, 0.2) is 0 Å². The van der Waals surface area contributed by atoms with Gasteiger partial charge in [0.05, 0.1) is 0 Å². The lowest BCUT2D eigenvalue weighted by Crippen LogP contribution is -2.40. The van der Waals surface area contributed by atoms with Crippen LogP contribution < -0.4 is 5.32 Å². The Bertz CT molecular complexity index is 400. The van der Waals surface area contributed by atoms with Crippen molar-refractivity contribution in [2.75, 3.05) is 7.05 Å². The zero-order valence-electron chi connectivity index (χ0n) is 11.7. The Morgan fingerprint density at radius 2 is 2.22 bits per heavy atom. The van der Waals surface area contributed by atoms with Crippen molar-refractivity contribution in [2.45, 2.75) is 45.6 Å². The van der Waals surface area contributed by atoms with Gasteiger partial charge < -0.3 is 5.32 Å². The molecular weight excluding hydrogens is 286 g/mol. The first-order chi connectivity index (χ1) is 8.53. The molecule has 0 aromatic heterocycles. The predicted molar refractivity (Wildman–Crippen MR) is 81.8 cm³/mol. The van der Waals surface area contributed by atoms with Gasteiger partial charge in [0.25, 0.3) is 0 Å². The second-order valence-electron chi connectivity index (χ2n) is 6.22. The monoisotopic (exact) mass is 309 g/mol. The average molecular weight is 310 g/mol. The predicted octanol–water partition coefficient (Wildman–Crippen LogP) is 4.41. The molecule has 1 aliphatic rings. The number of likely N-dealkylation sites (N-methyl/N-ethyl adjacent to an activating group) is 1. The fraction of sp³-hybridized carbons (Fsp3) is 0.625. The largest absolute Gasteiger partial charge is 0.316 e. The molecule has 0 amide bonds. The van der Waals surface area contributed by atoms with Crippen molar-refractivity contribution in [1.29, 1.82) is 0 Å². The van der Waals surface area contributed by atoms with Crippen LogP contribution in [0.25, 0.3) is 0 Å². The van der Waals surface area contributed by atoms with Gasteiger partial charge in [-0.05, 0) is 55.3 Å². The van der Waals surface area contributed by atoms with Gasteiger partial charge in [-0.2, -0.15) is 0 Å². The molecule has 18 heavy (non-hydrogen) atoms. The summed E-state index contributed by atoms with van der Waals surface area (Å²) < 4.78 is 1.18. The SMILES string of the molecule is CNC(Cc1cccc(Br)c1)C1CCCC1(C)C. The Balaban J connectivity index is 2.10. The first-order valence-corrected chi connectivity index (χ1v) is 7.74. The van der Waals surface area contributed by atoms with Gasteiger partial charge in [-0.3, -0.25) is 0 Å². The summed E-state index contributed by atoms with van der Waals surface area (Å²) in [5.74, 6) is 0.793. The van der Waals surface area contributed by atoms with Gasteiger partial charge >= 0.3 is 0 Å².